The molecule has 0 atom stereocenters. The van der Waals surface area contributed by atoms with Gasteiger partial charge in [-0.15, -0.1) is 0 Å². The second-order valence-electron chi connectivity index (χ2n) is 10.1. The predicted molar refractivity (Wildman–Crippen MR) is 132 cm³/mol. The van der Waals surface area contributed by atoms with E-state index in [-0.39, 0.29) is 10.8 Å². The number of rotatable bonds is 5. The van der Waals surface area contributed by atoms with Crippen LogP contribution in [0.1, 0.15) is 82.2 Å². The van der Waals surface area contributed by atoms with E-state index in [0.717, 1.165) is 17.7 Å². The molecule has 0 bridgehead atoms. The van der Waals surface area contributed by atoms with Gasteiger partial charge in [0, 0.05) is 25.3 Å². The van der Waals surface area contributed by atoms with Gasteiger partial charge in [-0.3, -0.25) is 0 Å². The molecule has 0 saturated carbocycles. The number of benzene rings is 2. The van der Waals surface area contributed by atoms with E-state index in [0.29, 0.717) is 0 Å². The average molecular weight is 404 g/mol. The molecule has 0 spiro atoms. The van der Waals surface area contributed by atoms with E-state index in [4.69, 9.17) is 0 Å². The van der Waals surface area contributed by atoms with Gasteiger partial charge in [-0.25, -0.2) is 0 Å². The maximum Gasteiger partial charge on any atom is 0.0674 e. The van der Waals surface area contributed by atoms with Gasteiger partial charge in [0.05, 0.1) is 11.9 Å². The summed E-state index contributed by atoms with van der Waals surface area (Å²) in [6.45, 7) is 13.8. The third-order valence-corrected chi connectivity index (χ3v) is 6.67. The molecule has 1 aliphatic carbocycles. The molecule has 0 unspecified atom stereocenters. The summed E-state index contributed by atoms with van der Waals surface area (Å²) in [4.78, 5) is 2.09. The number of hydrogen-bond donors (Lipinski definition) is 0. The average Bonchev–Trinajstić information content (AvgIpc) is 2.71. The van der Waals surface area contributed by atoms with Gasteiger partial charge in [0.15, 0.2) is 0 Å². The molecule has 30 heavy (non-hydrogen) atoms. The van der Waals surface area contributed by atoms with Crippen molar-refractivity contribution in [2.75, 3.05) is 19.0 Å². The van der Waals surface area contributed by atoms with Crippen molar-refractivity contribution in [2.24, 2.45) is 10.2 Å². The zero-order valence-electron chi connectivity index (χ0n) is 20.0. The van der Waals surface area contributed by atoms with Crippen LogP contribution in [0.25, 0.3) is 0 Å². The number of aryl methyl sites for hydroxylation is 1. The molecule has 0 amide bonds. The van der Waals surface area contributed by atoms with Crippen LogP contribution in [0, 0.1) is 0 Å². The van der Waals surface area contributed by atoms with Crippen molar-refractivity contribution in [3.05, 3.63) is 64.2 Å². The third kappa shape index (κ3) is 4.50. The zero-order chi connectivity index (χ0) is 22.1. The molecule has 3 nitrogen and oxygen atoms in total. The van der Waals surface area contributed by atoms with Crippen molar-refractivity contribution in [3.8, 4) is 0 Å². The van der Waals surface area contributed by atoms with Gasteiger partial charge >= 0.3 is 0 Å². The first-order valence-electron chi connectivity index (χ1n) is 11.1. The maximum atomic E-state index is 4.56. The van der Waals surface area contributed by atoms with Gasteiger partial charge in [-0.1, -0.05) is 52.8 Å². The van der Waals surface area contributed by atoms with Crippen LogP contribution in [0.4, 0.5) is 5.69 Å². The van der Waals surface area contributed by atoms with Gasteiger partial charge in [0.25, 0.3) is 0 Å². The molecule has 0 aromatic heterocycles. The Morgan fingerprint density at radius 3 is 2.07 bits per heavy atom. The van der Waals surface area contributed by atoms with Crippen LogP contribution in [-0.4, -0.2) is 26.0 Å². The van der Waals surface area contributed by atoms with Crippen LogP contribution >= 0.6 is 0 Å². The van der Waals surface area contributed by atoms with Gasteiger partial charge in [0.2, 0.25) is 0 Å². The van der Waals surface area contributed by atoms with E-state index >= 15 is 0 Å². The third-order valence-electron chi connectivity index (χ3n) is 6.67. The van der Waals surface area contributed by atoms with E-state index in [9.17, 15) is 0 Å². The second-order valence-corrected chi connectivity index (χ2v) is 10.1. The number of hydrogen-bond acceptors (Lipinski definition) is 3. The Labute approximate surface area is 182 Å². The molecule has 0 fully saturated rings. The van der Waals surface area contributed by atoms with Crippen molar-refractivity contribution < 1.29 is 0 Å². The normalized spacial score (nSPS) is 17.8. The Kier molecular flexibility index (Phi) is 6.21. The highest BCUT2D eigenvalue weighted by Crippen LogP contribution is 2.46. The Hall–Kier alpha value is -2.42. The Morgan fingerprint density at radius 2 is 1.53 bits per heavy atom. The lowest BCUT2D eigenvalue weighted by atomic mass is 9.62. The summed E-state index contributed by atoms with van der Waals surface area (Å²) < 4.78 is 0. The highest BCUT2D eigenvalue weighted by molar-refractivity contribution is 6.00. The van der Waals surface area contributed by atoms with E-state index in [1.165, 1.54) is 40.8 Å². The number of anilines is 1. The van der Waals surface area contributed by atoms with Crippen LogP contribution < -0.4 is 4.90 Å². The lowest BCUT2D eigenvalue weighted by molar-refractivity contribution is 0.331. The van der Waals surface area contributed by atoms with E-state index < -0.39 is 0 Å². The number of fused-ring (bicyclic) bond motifs is 1. The lowest BCUT2D eigenvalue weighted by Gasteiger charge is -2.42. The highest BCUT2D eigenvalue weighted by atomic mass is 15.2. The van der Waals surface area contributed by atoms with E-state index in [1.807, 2.05) is 20.3 Å². The molecule has 3 heteroatoms. The van der Waals surface area contributed by atoms with Crippen LogP contribution in [0.5, 0.6) is 0 Å². The molecular weight excluding hydrogens is 366 g/mol. The first-order valence-corrected chi connectivity index (χ1v) is 11.1. The van der Waals surface area contributed by atoms with Gasteiger partial charge in [0.1, 0.15) is 0 Å². The molecule has 2 aromatic carbocycles. The molecule has 0 radical (unpaired) electrons. The summed E-state index contributed by atoms with van der Waals surface area (Å²) in [5, 5.41) is 8.96. The van der Waals surface area contributed by atoms with Gasteiger partial charge < -0.3 is 4.90 Å². The van der Waals surface area contributed by atoms with E-state index in [2.05, 4.69) is 93.0 Å². The summed E-state index contributed by atoms with van der Waals surface area (Å²) in [5.74, 6) is 0. The van der Waals surface area contributed by atoms with Crippen LogP contribution in [0.2, 0.25) is 0 Å². The highest BCUT2D eigenvalue weighted by Gasteiger charge is 2.37. The summed E-state index contributed by atoms with van der Waals surface area (Å²) in [6, 6.07) is 13.2. The SMILES string of the molecule is CCc1cc2c(cc1/C(C)=N\N=C/c1ccc(N(C)C)cc1)C(C)(C)CCC2(C)C. The molecular formula is C27H37N3. The fourth-order valence-corrected chi connectivity index (χ4v) is 4.38. The summed E-state index contributed by atoms with van der Waals surface area (Å²) in [7, 11) is 4.09. The second kappa shape index (κ2) is 8.37. The maximum absolute atomic E-state index is 4.56. The summed E-state index contributed by atoms with van der Waals surface area (Å²) in [5.41, 5.74) is 9.24. The quantitative estimate of drug-likeness (QED) is 0.413. The lowest BCUT2D eigenvalue weighted by Crippen LogP contribution is -2.34. The smallest absolute Gasteiger partial charge is 0.0674 e. The molecule has 160 valence electrons. The topological polar surface area (TPSA) is 28.0 Å². The van der Waals surface area contributed by atoms with Crippen molar-refractivity contribution in [1.29, 1.82) is 0 Å². The summed E-state index contributed by atoms with van der Waals surface area (Å²) >= 11 is 0. The van der Waals surface area contributed by atoms with Crippen molar-refractivity contribution in [3.63, 3.8) is 0 Å². The zero-order valence-corrected chi connectivity index (χ0v) is 20.0. The first kappa shape index (κ1) is 22.3. The molecule has 3 rings (SSSR count). The van der Waals surface area contributed by atoms with Crippen molar-refractivity contribution in [2.45, 2.75) is 71.6 Å². The van der Waals surface area contributed by atoms with Gasteiger partial charge in [-0.2, -0.15) is 10.2 Å². The van der Waals surface area contributed by atoms with Crippen molar-refractivity contribution in [1.82, 2.24) is 0 Å². The Bertz CT molecular complexity index is 960. The largest absolute Gasteiger partial charge is 0.378 e. The predicted octanol–water partition coefficient (Wildman–Crippen LogP) is 6.51. The minimum Gasteiger partial charge on any atom is -0.378 e. The number of nitrogens with zero attached hydrogens (tertiary/aromatic N) is 3. The molecule has 0 heterocycles. The van der Waals surface area contributed by atoms with Crippen molar-refractivity contribution >= 4 is 17.6 Å². The molecule has 1 aliphatic rings. The minimum atomic E-state index is 0.198. The van der Waals surface area contributed by atoms with Crippen LogP contribution in [0.3, 0.4) is 0 Å². The Balaban J connectivity index is 1.94. The molecule has 0 aliphatic heterocycles. The van der Waals surface area contributed by atoms with Gasteiger partial charge in [-0.05, 0) is 77.5 Å². The fourth-order valence-electron chi connectivity index (χ4n) is 4.38. The van der Waals surface area contributed by atoms with Crippen LogP contribution in [-0.2, 0) is 17.3 Å². The molecule has 2 aromatic rings. The minimum absolute atomic E-state index is 0.198. The van der Waals surface area contributed by atoms with E-state index in [1.54, 1.807) is 0 Å². The fraction of sp³-hybridized carbons (Fsp3) is 0.481. The van der Waals surface area contributed by atoms with Crippen LogP contribution in [0.15, 0.2) is 46.6 Å². The first-order chi connectivity index (χ1) is 14.0. The summed E-state index contributed by atoms with van der Waals surface area (Å²) in [6.07, 6.45) is 5.29. The molecule has 0 saturated heterocycles. The monoisotopic (exact) mass is 403 g/mol. The Morgan fingerprint density at radius 1 is 0.967 bits per heavy atom. The standard InChI is InChI=1S/C27H37N3/c1-9-21-16-24-25(27(5,6)15-14-26(24,3)4)17-23(21)19(2)29-28-18-20-10-12-22(13-11-20)30(7)8/h10-13,16-18H,9,14-15H2,1-8H3/b28-18-,29-19-. The molecule has 0 N–H and O–H groups in total.